The van der Waals surface area contributed by atoms with Crippen molar-refractivity contribution in [2.75, 3.05) is 29.7 Å². The fourth-order valence-electron chi connectivity index (χ4n) is 2.69. The Kier molecular flexibility index (Phi) is 5.91. The highest BCUT2D eigenvalue weighted by Crippen LogP contribution is 2.31. The molecule has 0 spiro atoms. The van der Waals surface area contributed by atoms with E-state index in [0.717, 1.165) is 5.69 Å². The molecule has 8 heteroatoms. The Bertz CT molecular complexity index is 931. The van der Waals surface area contributed by atoms with Gasteiger partial charge < -0.3 is 15.4 Å². The number of nitrogen functional groups attached to an aromatic ring is 1. The van der Waals surface area contributed by atoms with Crippen LogP contribution in [0.25, 0.3) is 0 Å². The highest BCUT2D eigenvalue weighted by Gasteiger charge is 2.16. The number of amides is 1. The quantitative estimate of drug-likeness (QED) is 0.543. The van der Waals surface area contributed by atoms with Gasteiger partial charge in [-0.1, -0.05) is 18.2 Å². The Morgan fingerprint density at radius 1 is 1.11 bits per heavy atom. The molecule has 0 radical (unpaired) electrons. The number of anilines is 4. The number of para-hydroxylation sites is 1. The van der Waals surface area contributed by atoms with Crippen LogP contribution < -0.4 is 26.2 Å². The first-order valence-corrected chi connectivity index (χ1v) is 8.77. The third-order valence-electron chi connectivity index (χ3n) is 4.15. The van der Waals surface area contributed by atoms with E-state index in [9.17, 15) is 4.79 Å². The molecule has 1 aromatic heterocycles. The molecule has 3 aromatic rings. The van der Waals surface area contributed by atoms with Crippen molar-refractivity contribution in [2.24, 2.45) is 0 Å². The second kappa shape index (κ2) is 8.72. The van der Waals surface area contributed by atoms with Crippen molar-refractivity contribution in [2.45, 2.75) is 6.92 Å². The smallest absolute Gasteiger partial charge is 0.269 e. The van der Waals surface area contributed by atoms with Crippen molar-refractivity contribution in [3.05, 3.63) is 66.5 Å². The van der Waals surface area contributed by atoms with Crippen LogP contribution in [-0.4, -0.2) is 29.5 Å². The molecule has 8 nitrogen and oxygen atoms in total. The first-order chi connectivity index (χ1) is 13.6. The van der Waals surface area contributed by atoms with Crippen LogP contribution in [0.2, 0.25) is 0 Å². The molecule has 2 aromatic carbocycles. The van der Waals surface area contributed by atoms with Crippen LogP contribution in [0.4, 0.5) is 23.0 Å². The van der Waals surface area contributed by atoms with Crippen LogP contribution in [0.5, 0.6) is 5.75 Å². The monoisotopic (exact) mass is 378 g/mol. The van der Waals surface area contributed by atoms with E-state index in [-0.39, 0.29) is 5.91 Å². The summed E-state index contributed by atoms with van der Waals surface area (Å²) >= 11 is 0. The van der Waals surface area contributed by atoms with Crippen molar-refractivity contribution in [3.8, 4) is 5.75 Å². The van der Waals surface area contributed by atoms with E-state index in [1.54, 1.807) is 31.4 Å². The van der Waals surface area contributed by atoms with E-state index < -0.39 is 0 Å². The third-order valence-corrected chi connectivity index (χ3v) is 4.15. The number of carbonyl (C=O) groups excluding carboxylic acids is 1. The number of ether oxygens (including phenoxy) is 1. The molecule has 0 saturated heterocycles. The van der Waals surface area contributed by atoms with Crippen molar-refractivity contribution >= 4 is 28.9 Å². The zero-order valence-corrected chi connectivity index (χ0v) is 15.7. The van der Waals surface area contributed by atoms with Crippen LogP contribution in [0.1, 0.15) is 17.3 Å². The van der Waals surface area contributed by atoms with Gasteiger partial charge in [-0.25, -0.2) is 9.97 Å². The molecule has 0 aliphatic rings. The van der Waals surface area contributed by atoms with Crippen LogP contribution in [0.3, 0.4) is 0 Å². The number of nitrogens with two attached hydrogens (primary N) is 1. The normalized spacial score (nSPS) is 10.2. The summed E-state index contributed by atoms with van der Waals surface area (Å²) in [6.45, 7) is 2.68. The molecule has 3 rings (SSSR count). The lowest BCUT2D eigenvalue weighted by molar-refractivity contribution is 0.0962. The van der Waals surface area contributed by atoms with E-state index in [4.69, 9.17) is 10.5 Å². The Morgan fingerprint density at radius 2 is 1.82 bits per heavy atom. The molecule has 0 fully saturated rings. The fourth-order valence-corrected chi connectivity index (χ4v) is 2.69. The van der Waals surface area contributed by atoms with Crippen LogP contribution in [0.15, 0.2) is 60.9 Å². The molecule has 0 bridgehead atoms. The van der Waals surface area contributed by atoms with Crippen LogP contribution in [0, 0.1) is 0 Å². The highest BCUT2D eigenvalue weighted by atomic mass is 16.5. The Labute approximate surface area is 163 Å². The number of hydrogen-bond donors (Lipinski definition) is 3. The van der Waals surface area contributed by atoms with Crippen LogP contribution in [-0.2, 0) is 0 Å². The minimum absolute atomic E-state index is 0.321. The lowest BCUT2D eigenvalue weighted by Crippen LogP contribution is -2.30. The van der Waals surface area contributed by atoms with E-state index in [0.29, 0.717) is 35.2 Å². The summed E-state index contributed by atoms with van der Waals surface area (Å²) < 4.78 is 5.09. The Morgan fingerprint density at radius 3 is 2.46 bits per heavy atom. The number of benzene rings is 2. The van der Waals surface area contributed by atoms with Gasteiger partial charge in [0.2, 0.25) is 0 Å². The zero-order chi connectivity index (χ0) is 19.9. The molecule has 4 N–H and O–H groups in total. The topological polar surface area (TPSA) is 105 Å². The molecule has 0 aliphatic heterocycles. The average molecular weight is 378 g/mol. The Balaban J connectivity index is 1.76. The van der Waals surface area contributed by atoms with Gasteiger partial charge >= 0.3 is 0 Å². The number of nitrogens with zero attached hydrogens (tertiary/aromatic N) is 3. The predicted molar refractivity (Wildman–Crippen MR) is 110 cm³/mol. The molecule has 0 aliphatic carbocycles. The van der Waals surface area contributed by atoms with Crippen molar-refractivity contribution in [1.82, 2.24) is 15.4 Å². The number of carbonyl (C=O) groups is 1. The Hall–Kier alpha value is -3.81. The van der Waals surface area contributed by atoms with Crippen LogP contribution >= 0.6 is 0 Å². The van der Waals surface area contributed by atoms with Gasteiger partial charge in [0, 0.05) is 17.8 Å². The molecule has 28 heavy (non-hydrogen) atoms. The van der Waals surface area contributed by atoms with Gasteiger partial charge in [-0.2, -0.15) is 0 Å². The van der Waals surface area contributed by atoms with Crippen molar-refractivity contribution in [1.29, 1.82) is 0 Å². The van der Waals surface area contributed by atoms with Crippen molar-refractivity contribution in [3.63, 3.8) is 0 Å². The zero-order valence-electron chi connectivity index (χ0n) is 15.7. The minimum Gasteiger partial charge on any atom is -0.497 e. The predicted octanol–water partition coefficient (Wildman–Crippen LogP) is 2.98. The summed E-state index contributed by atoms with van der Waals surface area (Å²) in [6, 6.07) is 16.6. The number of hydrazine groups is 1. The summed E-state index contributed by atoms with van der Waals surface area (Å²) in [6.07, 6.45) is 1.40. The third kappa shape index (κ3) is 4.12. The maximum absolute atomic E-state index is 12.3. The summed E-state index contributed by atoms with van der Waals surface area (Å²) in [5.41, 5.74) is 13.4. The lowest BCUT2D eigenvalue weighted by atomic mass is 10.2. The summed E-state index contributed by atoms with van der Waals surface area (Å²) in [5.74, 6) is 1.23. The van der Waals surface area contributed by atoms with Gasteiger partial charge in [-0.3, -0.25) is 15.6 Å². The minimum atomic E-state index is -0.322. The average Bonchev–Trinajstić information content (AvgIpc) is 2.75. The first kappa shape index (κ1) is 19.0. The fraction of sp³-hybridized carbons (Fsp3) is 0.150. The van der Waals surface area contributed by atoms with Gasteiger partial charge in [0.05, 0.1) is 7.11 Å². The van der Waals surface area contributed by atoms with E-state index in [2.05, 4.69) is 20.8 Å². The summed E-state index contributed by atoms with van der Waals surface area (Å²) in [4.78, 5) is 22.7. The molecular weight excluding hydrogens is 356 g/mol. The van der Waals surface area contributed by atoms with Gasteiger partial charge in [-0.15, -0.1) is 0 Å². The summed E-state index contributed by atoms with van der Waals surface area (Å²) in [5, 5.41) is 0. The molecule has 144 valence electrons. The molecule has 0 unspecified atom stereocenters. The second-order valence-electron chi connectivity index (χ2n) is 5.85. The molecule has 0 atom stereocenters. The van der Waals surface area contributed by atoms with Gasteiger partial charge in [0.1, 0.15) is 17.8 Å². The second-order valence-corrected chi connectivity index (χ2v) is 5.85. The molecule has 1 heterocycles. The maximum Gasteiger partial charge on any atom is 0.269 e. The van der Waals surface area contributed by atoms with E-state index in [1.165, 1.54) is 6.33 Å². The maximum atomic E-state index is 12.3. The van der Waals surface area contributed by atoms with Gasteiger partial charge in [0.25, 0.3) is 5.91 Å². The SMILES string of the molecule is CCN(c1ccccc1)c1ncnc(NNC(=O)c2ccc(OC)cc2)c1N. The highest BCUT2D eigenvalue weighted by molar-refractivity contribution is 5.95. The molecule has 0 saturated carbocycles. The number of methoxy groups -OCH3 is 1. The molecular formula is C20H22N6O2. The van der Waals surface area contributed by atoms with Crippen molar-refractivity contribution < 1.29 is 9.53 Å². The number of rotatable bonds is 7. The summed E-state index contributed by atoms with van der Waals surface area (Å²) in [7, 11) is 1.57. The lowest BCUT2D eigenvalue weighted by Gasteiger charge is -2.24. The number of hydrogen-bond acceptors (Lipinski definition) is 7. The van der Waals surface area contributed by atoms with E-state index in [1.807, 2.05) is 42.2 Å². The largest absolute Gasteiger partial charge is 0.497 e. The first-order valence-electron chi connectivity index (χ1n) is 8.77. The number of nitrogens with one attached hydrogen (secondary N) is 2. The molecule has 1 amide bonds. The number of aromatic nitrogens is 2. The van der Waals surface area contributed by atoms with Gasteiger partial charge in [-0.05, 0) is 43.3 Å². The van der Waals surface area contributed by atoms with E-state index >= 15 is 0 Å². The van der Waals surface area contributed by atoms with Gasteiger partial charge in [0.15, 0.2) is 11.6 Å². The standard InChI is InChI=1S/C20H22N6O2/c1-3-26(15-7-5-4-6-8-15)19-17(21)18(22-13-23-19)24-25-20(27)14-9-11-16(28-2)12-10-14/h4-13H,3,21H2,1-2H3,(H,25,27)(H,22,23,24).